The molecular formula is C29H36ClN5O. The van der Waals surface area contributed by atoms with Gasteiger partial charge in [0.25, 0.3) is 0 Å². The molecule has 3 aromatic rings. The number of hydrogen-bond acceptors (Lipinski definition) is 4. The van der Waals surface area contributed by atoms with Crippen LogP contribution in [0.1, 0.15) is 48.1 Å². The predicted molar refractivity (Wildman–Crippen MR) is 143 cm³/mol. The third-order valence-corrected chi connectivity index (χ3v) is 8.25. The van der Waals surface area contributed by atoms with Gasteiger partial charge in [-0.1, -0.05) is 54.1 Å². The SMILES string of the molecule is NC(=O)C1CCC(Cn2cncc2CN[C@H]2Cc3ccccc3CN(Cc3ccccc3Cl)C2)CC1. The van der Waals surface area contributed by atoms with Crippen molar-refractivity contribution in [3.05, 3.63) is 88.5 Å². The molecule has 2 heterocycles. The fourth-order valence-corrected chi connectivity index (χ4v) is 5.99. The van der Waals surface area contributed by atoms with Crippen LogP contribution in [0.25, 0.3) is 0 Å². The van der Waals surface area contributed by atoms with E-state index in [0.717, 1.165) is 69.9 Å². The molecule has 1 aliphatic carbocycles. The molecule has 0 radical (unpaired) electrons. The van der Waals surface area contributed by atoms with Crippen LogP contribution in [0.2, 0.25) is 5.02 Å². The number of fused-ring (bicyclic) bond motifs is 1. The summed E-state index contributed by atoms with van der Waals surface area (Å²) in [6.45, 7) is 4.44. The molecule has 3 N–H and O–H groups in total. The maximum atomic E-state index is 11.5. The summed E-state index contributed by atoms with van der Waals surface area (Å²) in [7, 11) is 0. The Hall–Kier alpha value is -2.67. The average Bonchev–Trinajstić information content (AvgIpc) is 3.23. The average molecular weight is 506 g/mol. The number of nitrogens with two attached hydrogens (primary N) is 1. The van der Waals surface area contributed by atoms with Gasteiger partial charge < -0.3 is 15.6 Å². The highest BCUT2D eigenvalue weighted by atomic mass is 35.5. The molecule has 6 nitrogen and oxygen atoms in total. The molecule has 2 aromatic carbocycles. The smallest absolute Gasteiger partial charge is 0.220 e. The fraction of sp³-hybridized carbons (Fsp3) is 0.448. The summed E-state index contributed by atoms with van der Waals surface area (Å²) >= 11 is 6.50. The topological polar surface area (TPSA) is 76.2 Å². The van der Waals surface area contributed by atoms with E-state index >= 15 is 0 Å². The standard InChI is InChI=1S/C29H36ClN5O/c30-28-8-4-3-7-25(28)18-34-17-24-6-2-1-5-23(24)13-26(19-34)33-15-27-14-32-20-35(27)16-21-9-11-22(12-10-21)29(31)36/h1-8,14,20-22,26,33H,9-13,15-19H2,(H2,31,36)/t21?,22?,26-/m0/s1. The van der Waals surface area contributed by atoms with Gasteiger partial charge in [-0.3, -0.25) is 9.69 Å². The van der Waals surface area contributed by atoms with E-state index in [4.69, 9.17) is 17.3 Å². The number of aromatic nitrogens is 2. The molecule has 1 saturated carbocycles. The van der Waals surface area contributed by atoms with Gasteiger partial charge in [0.15, 0.2) is 0 Å². The number of rotatable bonds is 8. The van der Waals surface area contributed by atoms with Gasteiger partial charge in [-0.15, -0.1) is 0 Å². The molecule has 7 heteroatoms. The van der Waals surface area contributed by atoms with Gasteiger partial charge in [0.2, 0.25) is 5.91 Å². The summed E-state index contributed by atoms with van der Waals surface area (Å²) in [5, 5.41) is 4.67. The van der Waals surface area contributed by atoms with E-state index in [9.17, 15) is 4.79 Å². The van der Waals surface area contributed by atoms with E-state index in [0.29, 0.717) is 12.0 Å². The summed E-state index contributed by atoms with van der Waals surface area (Å²) in [6, 6.07) is 17.2. The second-order valence-electron chi connectivity index (χ2n) is 10.5. The van der Waals surface area contributed by atoms with Crippen molar-refractivity contribution in [2.45, 2.75) is 64.3 Å². The first kappa shape index (κ1) is 25.0. The van der Waals surface area contributed by atoms with Gasteiger partial charge in [0.05, 0.1) is 12.0 Å². The van der Waals surface area contributed by atoms with Crippen molar-refractivity contribution in [3.8, 4) is 0 Å². The zero-order valence-corrected chi connectivity index (χ0v) is 21.5. The lowest BCUT2D eigenvalue weighted by molar-refractivity contribution is -0.123. The first-order valence-electron chi connectivity index (χ1n) is 13.1. The second-order valence-corrected chi connectivity index (χ2v) is 10.9. The maximum absolute atomic E-state index is 11.5. The minimum absolute atomic E-state index is 0.0528. The molecule has 1 atom stereocenters. The van der Waals surface area contributed by atoms with Crippen molar-refractivity contribution in [3.63, 3.8) is 0 Å². The van der Waals surface area contributed by atoms with E-state index in [2.05, 4.69) is 56.2 Å². The van der Waals surface area contributed by atoms with Crippen molar-refractivity contribution < 1.29 is 4.79 Å². The van der Waals surface area contributed by atoms with Crippen molar-refractivity contribution in [2.75, 3.05) is 6.54 Å². The number of amides is 1. The Balaban J connectivity index is 1.23. The van der Waals surface area contributed by atoms with E-state index in [1.165, 1.54) is 22.4 Å². The van der Waals surface area contributed by atoms with Gasteiger partial charge in [-0.2, -0.15) is 0 Å². The quantitative estimate of drug-likeness (QED) is 0.471. The molecule has 1 fully saturated rings. The number of carbonyl (C=O) groups is 1. The number of primary amides is 1. The maximum Gasteiger partial charge on any atom is 0.220 e. The highest BCUT2D eigenvalue weighted by Gasteiger charge is 2.26. The van der Waals surface area contributed by atoms with Gasteiger partial charge in [0.1, 0.15) is 0 Å². The summed E-state index contributed by atoms with van der Waals surface area (Å²) < 4.78 is 2.29. The molecule has 5 rings (SSSR count). The number of benzene rings is 2. The Kier molecular flexibility index (Phi) is 8.05. The lowest BCUT2D eigenvalue weighted by Crippen LogP contribution is -2.40. The van der Waals surface area contributed by atoms with Crippen LogP contribution in [0.3, 0.4) is 0 Å². The highest BCUT2D eigenvalue weighted by molar-refractivity contribution is 6.31. The van der Waals surface area contributed by atoms with Crippen LogP contribution in [-0.4, -0.2) is 32.9 Å². The predicted octanol–water partition coefficient (Wildman–Crippen LogP) is 4.54. The summed E-state index contributed by atoms with van der Waals surface area (Å²) in [4.78, 5) is 18.5. The van der Waals surface area contributed by atoms with Crippen LogP contribution in [0.4, 0.5) is 0 Å². The monoisotopic (exact) mass is 505 g/mol. The van der Waals surface area contributed by atoms with Crippen LogP contribution < -0.4 is 11.1 Å². The molecule has 1 aliphatic heterocycles. The molecule has 0 unspecified atom stereocenters. The van der Waals surface area contributed by atoms with Gasteiger partial charge in [-0.25, -0.2) is 4.98 Å². The third-order valence-electron chi connectivity index (χ3n) is 7.88. The van der Waals surface area contributed by atoms with Gasteiger partial charge in [0, 0.05) is 55.9 Å². The van der Waals surface area contributed by atoms with E-state index < -0.39 is 0 Å². The van der Waals surface area contributed by atoms with Crippen molar-refractivity contribution >= 4 is 17.5 Å². The zero-order chi connectivity index (χ0) is 24.9. The first-order chi connectivity index (χ1) is 17.5. The Morgan fingerprint density at radius 3 is 2.58 bits per heavy atom. The Morgan fingerprint density at radius 2 is 1.81 bits per heavy atom. The summed E-state index contributed by atoms with van der Waals surface area (Å²) in [6.07, 6.45) is 8.85. The molecule has 2 aliphatic rings. The van der Waals surface area contributed by atoms with Crippen molar-refractivity contribution in [1.82, 2.24) is 19.8 Å². The number of hydrogen-bond donors (Lipinski definition) is 2. The van der Waals surface area contributed by atoms with Crippen LogP contribution in [0.15, 0.2) is 61.1 Å². The van der Waals surface area contributed by atoms with E-state index in [-0.39, 0.29) is 11.8 Å². The summed E-state index contributed by atoms with van der Waals surface area (Å²) in [5.74, 6) is 0.482. The Labute approximate surface area is 218 Å². The molecule has 0 bridgehead atoms. The molecule has 0 spiro atoms. The fourth-order valence-electron chi connectivity index (χ4n) is 5.80. The molecule has 1 aromatic heterocycles. The highest BCUT2D eigenvalue weighted by Crippen LogP contribution is 2.30. The van der Waals surface area contributed by atoms with E-state index in [1.54, 1.807) is 0 Å². The molecule has 0 saturated heterocycles. The number of imidazole rings is 1. The minimum atomic E-state index is -0.144. The Bertz CT molecular complexity index is 1170. The van der Waals surface area contributed by atoms with Crippen LogP contribution in [0.5, 0.6) is 0 Å². The van der Waals surface area contributed by atoms with Crippen LogP contribution in [-0.2, 0) is 37.4 Å². The molecular weight excluding hydrogens is 470 g/mol. The van der Waals surface area contributed by atoms with Crippen molar-refractivity contribution in [1.29, 1.82) is 0 Å². The first-order valence-corrected chi connectivity index (χ1v) is 13.5. The van der Waals surface area contributed by atoms with Crippen LogP contribution >= 0.6 is 11.6 Å². The number of halogens is 1. The molecule has 1 amide bonds. The van der Waals surface area contributed by atoms with Gasteiger partial charge in [-0.05, 0) is 60.8 Å². The number of nitrogens with zero attached hydrogens (tertiary/aromatic N) is 3. The van der Waals surface area contributed by atoms with Crippen molar-refractivity contribution in [2.24, 2.45) is 17.6 Å². The second kappa shape index (κ2) is 11.6. The largest absolute Gasteiger partial charge is 0.369 e. The summed E-state index contributed by atoms with van der Waals surface area (Å²) in [5.41, 5.74) is 10.7. The number of nitrogens with one attached hydrogen (secondary N) is 1. The van der Waals surface area contributed by atoms with Crippen LogP contribution in [0, 0.1) is 11.8 Å². The van der Waals surface area contributed by atoms with Gasteiger partial charge >= 0.3 is 0 Å². The van der Waals surface area contributed by atoms with E-state index in [1.807, 2.05) is 24.7 Å². The third kappa shape index (κ3) is 6.17. The number of carbonyl (C=O) groups excluding carboxylic acids is 1. The Morgan fingerprint density at radius 1 is 1.06 bits per heavy atom. The molecule has 36 heavy (non-hydrogen) atoms. The lowest BCUT2D eigenvalue weighted by Gasteiger charge is -2.28. The zero-order valence-electron chi connectivity index (χ0n) is 20.8. The molecule has 190 valence electrons. The lowest BCUT2D eigenvalue weighted by atomic mass is 9.81. The normalized spacial score (nSPS) is 22.6. The minimum Gasteiger partial charge on any atom is -0.369 e.